The van der Waals surface area contributed by atoms with Gasteiger partial charge in [0.25, 0.3) is 0 Å². The van der Waals surface area contributed by atoms with Crippen molar-refractivity contribution in [3.05, 3.63) is 61.6 Å². The van der Waals surface area contributed by atoms with Gasteiger partial charge >= 0.3 is 0 Å². The van der Waals surface area contributed by atoms with Crippen molar-refractivity contribution in [3.8, 4) is 5.75 Å². The van der Waals surface area contributed by atoms with Crippen LogP contribution in [0.15, 0.2) is 46.9 Å². The molecule has 1 aliphatic carbocycles. The van der Waals surface area contributed by atoms with E-state index in [-0.39, 0.29) is 0 Å². The van der Waals surface area contributed by atoms with E-state index in [0.29, 0.717) is 6.61 Å². The predicted molar refractivity (Wildman–Crippen MR) is 97.5 cm³/mol. The third kappa shape index (κ3) is 4.69. The topological polar surface area (TPSA) is 21.3 Å². The smallest absolute Gasteiger partial charge is 0.134 e. The Hall–Kier alpha value is -0.590. The van der Waals surface area contributed by atoms with Crippen LogP contribution in [0.2, 0.25) is 0 Å². The maximum absolute atomic E-state index is 5.89. The van der Waals surface area contributed by atoms with Gasteiger partial charge in [-0.3, -0.25) is 0 Å². The number of benzene rings is 2. The van der Waals surface area contributed by atoms with Crippen molar-refractivity contribution >= 4 is 38.5 Å². The van der Waals surface area contributed by atoms with Crippen LogP contribution < -0.4 is 10.1 Å². The Labute approximate surface area is 147 Å². The molecule has 3 rings (SSSR count). The highest BCUT2D eigenvalue weighted by atomic mass is 127. The fourth-order valence-electron chi connectivity index (χ4n) is 2.06. The molecule has 0 aromatic heterocycles. The summed E-state index contributed by atoms with van der Waals surface area (Å²) in [5, 5.41) is 3.52. The van der Waals surface area contributed by atoms with Crippen molar-refractivity contribution in [2.45, 2.75) is 32.0 Å². The van der Waals surface area contributed by atoms with Gasteiger partial charge in [0, 0.05) is 16.2 Å². The molecule has 2 aromatic rings. The third-order valence-corrected chi connectivity index (χ3v) is 4.81. The molecule has 0 saturated heterocycles. The minimum absolute atomic E-state index is 0.592. The van der Waals surface area contributed by atoms with E-state index < -0.39 is 0 Å². The molecule has 1 N–H and O–H groups in total. The first kappa shape index (κ1) is 15.3. The maximum atomic E-state index is 5.89. The standard InChI is InChI=1S/C17H17BrINO/c18-16-9-13(10-20-15-6-7-15)3-8-17(16)21-11-12-1-4-14(19)5-2-12/h1-5,8-9,15,20H,6-7,10-11H2. The van der Waals surface area contributed by atoms with Crippen LogP contribution in [0, 0.1) is 3.57 Å². The average molecular weight is 458 g/mol. The van der Waals surface area contributed by atoms with Crippen LogP contribution in [0.1, 0.15) is 24.0 Å². The number of halogens is 2. The van der Waals surface area contributed by atoms with E-state index in [1.54, 1.807) is 0 Å². The summed E-state index contributed by atoms with van der Waals surface area (Å²) in [7, 11) is 0. The molecule has 1 saturated carbocycles. The average Bonchev–Trinajstić information content (AvgIpc) is 3.30. The van der Waals surface area contributed by atoms with Crippen LogP contribution in [0.5, 0.6) is 5.75 Å². The normalized spacial score (nSPS) is 14.2. The molecule has 0 unspecified atom stereocenters. The van der Waals surface area contributed by atoms with Gasteiger partial charge in [-0.15, -0.1) is 0 Å². The lowest BCUT2D eigenvalue weighted by molar-refractivity contribution is 0.304. The van der Waals surface area contributed by atoms with E-state index in [0.717, 1.165) is 22.8 Å². The van der Waals surface area contributed by atoms with Crippen molar-refractivity contribution in [3.63, 3.8) is 0 Å². The Kier molecular flexibility index (Phi) is 5.19. The molecule has 0 bridgehead atoms. The van der Waals surface area contributed by atoms with Crippen LogP contribution in [0.3, 0.4) is 0 Å². The van der Waals surface area contributed by atoms with Gasteiger partial charge in [-0.1, -0.05) is 18.2 Å². The Morgan fingerprint density at radius 3 is 2.48 bits per heavy atom. The number of rotatable bonds is 6. The largest absolute Gasteiger partial charge is 0.488 e. The molecular weight excluding hydrogens is 441 g/mol. The molecule has 1 aliphatic rings. The van der Waals surface area contributed by atoms with Crippen LogP contribution in [-0.4, -0.2) is 6.04 Å². The van der Waals surface area contributed by atoms with Crippen molar-refractivity contribution in [2.75, 3.05) is 0 Å². The van der Waals surface area contributed by atoms with E-state index in [9.17, 15) is 0 Å². The van der Waals surface area contributed by atoms with E-state index in [2.05, 4.69) is 80.2 Å². The molecule has 0 atom stereocenters. The fourth-order valence-corrected chi connectivity index (χ4v) is 2.96. The Balaban J connectivity index is 1.58. The molecule has 2 nitrogen and oxygen atoms in total. The van der Waals surface area contributed by atoms with Gasteiger partial charge in [0.15, 0.2) is 0 Å². The second kappa shape index (κ2) is 7.11. The number of hydrogen-bond acceptors (Lipinski definition) is 2. The predicted octanol–water partition coefficient (Wildman–Crippen LogP) is 4.88. The minimum Gasteiger partial charge on any atom is -0.488 e. The molecule has 0 amide bonds. The van der Waals surface area contributed by atoms with E-state index in [4.69, 9.17) is 4.74 Å². The lowest BCUT2D eigenvalue weighted by Gasteiger charge is -2.10. The summed E-state index contributed by atoms with van der Waals surface area (Å²) in [6, 6.07) is 15.4. The first-order valence-electron chi connectivity index (χ1n) is 7.10. The van der Waals surface area contributed by atoms with Gasteiger partial charge in [-0.2, -0.15) is 0 Å². The quantitative estimate of drug-likeness (QED) is 0.624. The molecule has 0 radical (unpaired) electrons. The molecule has 0 spiro atoms. The highest BCUT2D eigenvalue weighted by Crippen LogP contribution is 2.27. The first-order valence-corrected chi connectivity index (χ1v) is 8.97. The summed E-state index contributed by atoms with van der Waals surface area (Å²) in [6.07, 6.45) is 2.64. The summed E-state index contributed by atoms with van der Waals surface area (Å²) in [5.41, 5.74) is 2.47. The van der Waals surface area contributed by atoms with Gasteiger partial charge in [0.2, 0.25) is 0 Å². The number of hydrogen-bond donors (Lipinski definition) is 1. The van der Waals surface area contributed by atoms with E-state index >= 15 is 0 Å². The second-order valence-corrected chi connectivity index (χ2v) is 7.44. The fraction of sp³-hybridized carbons (Fsp3) is 0.294. The summed E-state index contributed by atoms with van der Waals surface area (Å²) in [6.45, 7) is 1.52. The summed E-state index contributed by atoms with van der Waals surface area (Å²) in [5.74, 6) is 0.892. The monoisotopic (exact) mass is 457 g/mol. The molecule has 0 heterocycles. The zero-order chi connectivity index (χ0) is 14.7. The maximum Gasteiger partial charge on any atom is 0.134 e. The molecule has 4 heteroatoms. The van der Waals surface area contributed by atoms with E-state index in [1.807, 2.05) is 6.07 Å². The van der Waals surface area contributed by atoms with Crippen molar-refractivity contribution in [1.29, 1.82) is 0 Å². The van der Waals surface area contributed by atoms with Gasteiger partial charge in [0.05, 0.1) is 4.47 Å². The van der Waals surface area contributed by atoms with Crippen LogP contribution in [0.25, 0.3) is 0 Å². The SMILES string of the molecule is Brc1cc(CNC2CC2)ccc1OCc1ccc(I)cc1. The number of nitrogens with one attached hydrogen (secondary N) is 1. The zero-order valence-electron chi connectivity index (χ0n) is 11.6. The summed E-state index contributed by atoms with van der Waals surface area (Å²) < 4.78 is 8.14. The van der Waals surface area contributed by atoms with Crippen molar-refractivity contribution in [2.24, 2.45) is 0 Å². The van der Waals surface area contributed by atoms with Crippen LogP contribution in [0.4, 0.5) is 0 Å². The molecule has 0 aliphatic heterocycles. The molecule has 21 heavy (non-hydrogen) atoms. The third-order valence-electron chi connectivity index (χ3n) is 3.48. The molecule has 2 aromatic carbocycles. The van der Waals surface area contributed by atoms with Gasteiger partial charge < -0.3 is 10.1 Å². The second-order valence-electron chi connectivity index (χ2n) is 5.34. The molecule has 1 fully saturated rings. The van der Waals surface area contributed by atoms with Gasteiger partial charge in [-0.25, -0.2) is 0 Å². The zero-order valence-corrected chi connectivity index (χ0v) is 15.4. The summed E-state index contributed by atoms with van der Waals surface area (Å²) >= 11 is 5.91. The van der Waals surface area contributed by atoms with Crippen molar-refractivity contribution < 1.29 is 4.74 Å². The highest BCUT2D eigenvalue weighted by Gasteiger charge is 2.19. The Morgan fingerprint density at radius 2 is 1.81 bits per heavy atom. The van der Waals surface area contributed by atoms with E-state index in [1.165, 1.54) is 27.5 Å². The lowest BCUT2D eigenvalue weighted by atomic mass is 10.2. The van der Waals surface area contributed by atoms with Crippen LogP contribution in [-0.2, 0) is 13.2 Å². The van der Waals surface area contributed by atoms with Gasteiger partial charge in [0.1, 0.15) is 12.4 Å². The van der Waals surface area contributed by atoms with Crippen molar-refractivity contribution in [1.82, 2.24) is 5.32 Å². The Morgan fingerprint density at radius 1 is 1.10 bits per heavy atom. The number of ether oxygens (including phenoxy) is 1. The summed E-state index contributed by atoms with van der Waals surface area (Å²) in [4.78, 5) is 0. The lowest BCUT2D eigenvalue weighted by Crippen LogP contribution is -2.15. The molecule has 110 valence electrons. The minimum atomic E-state index is 0.592. The molecular formula is C17H17BrINO. The van der Waals surface area contributed by atoms with Gasteiger partial charge in [-0.05, 0) is 86.8 Å². The van der Waals surface area contributed by atoms with Crippen LogP contribution >= 0.6 is 38.5 Å². The first-order chi connectivity index (χ1) is 10.2. The Bertz CT molecular complexity index is 611. The highest BCUT2D eigenvalue weighted by molar-refractivity contribution is 14.1.